The van der Waals surface area contributed by atoms with E-state index in [0.717, 1.165) is 25.8 Å². The van der Waals surface area contributed by atoms with E-state index >= 15 is 0 Å². The van der Waals surface area contributed by atoms with E-state index in [9.17, 15) is 25.2 Å². The number of hydrogen-bond donors (Lipinski definition) is 5. The molecule has 0 radical (unpaired) electrons. The Hall–Kier alpha value is 0.160. The van der Waals surface area contributed by atoms with E-state index in [0.29, 0.717) is 5.92 Å². The highest BCUT2D eigenvalue weighted by Crippen LogP contribution is 2.30. The van der Waals surface area contributed by atoms with Gasteiger partial charge in [0.05, 0.1) is 18.2 Å². The fraction of sp³-hybridized carbons (Fsp3) is 0.944. The summed E-state index contributed by atoms with van der Waals surface area (Å²) in [7, 11) is 1.91. The molecule has 0 aromatic rings. The van der Waals surface area contributed by atoms with Crippen molar-refractivity contribution in [2.45, 2.75) is 81.1 Å². The minimum atomic E-state index is -1.42. The molecule has 8 nitrogen and oxygen atoms in total. The second kappa shape index (κ2) is 12.9. The van der Waals surface area contributed by atoms with Crippen molar-refractivity contribution >= 4 is 42.5 Å². The molecule has 0 bridgehead atoms. The van der Waals surface area contributed by atoms with Crippen LogP contribution in [0.25, 0.3) is 0 Å². The van der Waals surface area contributed by atoms with E-state index in [4.69, 9.17) is 4.74 Å². The Morgan fingerprint density at radius 1 is 1.24 bits per heavy atom. The lowest BCUT2D eigenvalue weighted by molar-refractivity contribution is -0.211. The molecule has 0 unspecified atom stereocenters. The van der Waals surface area contributed by atoms with Gasteiger partial charge in [0.25, 0.3) is 0 Å². The molecular formula is C18H36Cl2N2O6S. The number of aliphatic hydroxyl groups excluding tert-OH is 4. The highest BCUT2D eigenvalue weighted by Gasteiger charge is 2.48. The highest BCUT2D eigenvalue weighted by molar-refractivity contribution is 7.99. The number of ether oxygens (including phenoxy) is 1. The Balaban J connectivity index is 0.00000392. The van der Waals surface area contributed by atoms with Crippen LogP contribution >= 0.6 is 36.6 Å². The smallest absolute Gasteiger partial charge is 0.237 e. The SMILES string of the molecule is CCC[C@@H]1C[C@@H](C(=O)N[C@@H]([C@H]2O[C@H](SC)[C@H](O)[C@@H](O)[C@H]2O)[C@@H](C)O)N(C)C1.Cl.Cl. The number of likely N-dealkylation sites (N-methyl/N-ethyl adjacent to an activating group) is 1. The van der Waals surface area contributed by atoms with Crippen LogP contribution in [0.4, 0.5) is 0 Å². The molecule has 5 N–H and O–H groups in total. The molecule has 0 aromatic carbocycles. The zero-order valence-electron chi connectivity index (χ0n) is 17.3. The Kier molecular flexibility index (Phi) is 13.0. The van der Waals surface area contributed by atoms with Crippen molar-refractivity contribution in [1.29, 1.82) is 0 Å². The van der Waals surface area contributed by atoms with Crippen molar-refractivity contribution < 1.29 is 30.0 Å². The van der Waals surface area contributed by atoms with Crippen LogP contribution in [0.2, 0.25) is 0 Å². The fourth-order valence-electron chi connectivity index (χ4n) is 4.13. The zero-order chi connectivity index (χ0) is 20.3. The summed E-state index contributed by atoms with van der Waals surface area (Å²) >= 11 is 1.20. The summed E-state index contributed by atoms with van der Waals surface area (Å²) in [6, 6.07) is -1.20. The van der Waals surface area contributed by atoms with Crippen molar-refractivity contribution in [3.8, 4) is 0 Å². The van der Waals surface area contributed by atoms with Crippen LogP contribution < -0.4 is 5.32 Å². The molecule has 174 valence electrons. The van der Waals surface area contributed by atoms with Crippen molar-refractivity contribution in [3.05, 3.63) is 0 Å². The van der Waals surface area contributed by atoms with Crippen molar-refractivity contribution in [3.63, 3.8) is 0 Å². The molecular weight excluding hydrogens is 443 g/mol. The van der Waals surface area contributed by atoms with Gasteiger partial charge in [-0.15, -0.1) is 36.6 Å². The van der Waals surface area contributed by atoms with E-state index in [-0.39, 0.29) is 36.8 Å². The lowest BCUT2D eigenvalue weighted by Gasteiger charge is -2.44. The van der Waals surface area contributed by atoms with Crippen LogP contribution in [0.15, 0.2) is 0 Å². The minimum absolute atomic E-state index is 0. The Morgan fingerprint density at radius 2 is 1.86 bits per heavy atom. The number of aliphatic hydroxyl groups is 4. The van der Waals surface area contributed by atoms with Crippen LogP contribution in [0.3, 0.4) is 0 Å². The minimum Gasteiger partial charge on any atom is -0.391 e. The van der Waals surface area contributed by atoms with Crippen LogP contribution in [0.5, 0.6) is 0 Å². The normalized spacial score (nSPS) is 37.2. The standard InChI is InChI=1S/C18H34N2O6S.2ClH/c1-5-6-10-7-11(20(3)8-10)17(25)19-12(9(2)21)16-14(23)13(22)15(24)18(26-16)27-4;;/h9-16,18,21-24H,5-8H2,1-4H3,(H,19,25);2*1H/t9-,10-,11+,12-,13+,14-,15-,16-,18-;;/m1../s1. The topological polar surface area (TPSA) is 122 Å². The first-order valence-electron chi connectivity index (χ1n) is 9.62. The van der Waals surface area contributed by atoms with Gasteiger partial charge in [0.1, 0.15) is 29.9 Å². The van der Waals surface area contributed by atoms with Gasteiger partial charge in [-0.05, 0) is 39.0 Å². The maximum absolute atomic E-state index is 12.8. The summed E-state index contributed by atoms with van der Waals surface area (Å²) in [4.78, 5) is 14.9. The predicted molar refractivity (Wildman–Crippen MR) is 118 cm³/mol. The number of nitrogens with zero attached hydrogens (tertiary/aromatic N) is 1. The monoisotopic (exact) mass is 478 g/mol. The van der Waals surface area contributed by atoms with Crippen molar-refractivity contribution in [2.75, 3.05) is 19.8 Å². The van der Waals surface area contributed by atoms with Gasteiger partial charge in [-0.1, -0.05) is 13.3 Å². The van der Waals surface area contributed by atoms with Crippen LogP contribution in [-0.4, -0.2) is 99.1 Å². The number of carbonyl (C=O) groups excluding carboxylic acids is 1. The zero-order valence-corrected chi connectivity index (χ0v) is 19.8. The maximum atomic E-state index is 12.8. The first kappa shape index (κ1) is 29.2. The van der Waals surface area contributed by atoms with E-state index in [1.165, 1.54) is 18.7 Å². The summed E-state index contributed by atoms with van der Waals surface area (Å²) in [5.41, 5.74) is -0.755. The number of rotatable bonds is 7. The number of thioether (sulfide) groups is 1. The number of hydrogen-bond acceptors (Lipinski definition) is 8. The van der Waals surface area contributed by atoms with Gasteiger partial charge in [-0.3, -0.25) is 9.69 Å². The van der Waals surface area contributed by atoms with Gasteiger partial charge in [0.15, 0.2) is 0 Å². The fourth-order valence-corrected chi connectivity index (χ4v) is 4.81. The number of nitrogens with one attached hydrogen (secondary N) is 1. The summed E-state index contributed by atoms with van der Waals surface area (Å²) in [5.74, 6) is 0.245. The van der Waals surface area contributed by atoms with Gasteiger partial charge < -0.3 is 30.5 Å². The molecule has 0 saturated carbocycles. The average Bonchev–Trinajstić information content (AvgIpc) is 2.99. The third kappa shape index (κ3) is 6.82. The molecule has 2 aliphatic rings. The van der Waals surface area contributed by atoms with Crippen LogP contribution in [-0.2, 0) is 9.53 Å². The second-order valence-electron chi connectivity index (χ2n) is 7.80. The third-order valence-electron chi connectivity index (χ3n) is 5.66. The number of amides is 1. The largest absolute Gasteiger partial charge is 0.391 e. The molecule has 9 atom stereocenters. The molecule has 0 spiro atoms. The number of carbonyl (C=O) groups is 1. The van der Waals surface area contributed by atoms with Crippen molar-refractivity contribution in [2.24, 2.45) is 5.92 Å². The quantitative estimate of drug-likeness (QED) is 0.346. The molecule has 1 amide bonds. The molecule has 2 rings (SSSR count). The van der Waals surface area contributed by atoms with E-state index in [1.807, 2.05) is 11.9 Å². The average molecular weight is 479 g/mol. The van der Waals surface area contributed by atoms with Crippen LogP contribution in [0.1, 0.15) is 33.1 Å². The Bertz CT molecular complexity index is 505. The molecule has 29 heavy (non-hydrogen) atoms. The Labute approximate surface area is 189 Å². The molecule has 2 fully saturated rings. The molecule has 2 saturated heterocycles. The highest BCUT2D eigenvalue weighted by atomic mass is 35.5. The summed E-state index contributed by atoms with van der Waals surface area (Å²) in [5, 5.41) is 43.5. The molecule has 0 aromatic heterocycles. The summed E-state index contributed by atoms with van der Waals surface area (Å²) < 4.78 is 5.72. The van der Waals surface area contributed by atoms with Crippen molar-refractivity contribution in [1.82, 2.24) is 10.2 Å². The maximum Gasteiger partial charge on any atom is 0.237 e. The van der Waals surface area contributed by atoms with Gasteiger partial charge in [-0.25, -0.2) is 0 Å². The van der Waals surface area contributed by atoms with Gasteiger partial charge in [-0.2, -0.15) is 0 Å². The van der Waals surface area contributed by atoms with Gasteiger partial charge in [0, 0.05) is 6.54 Å². The number of likely N-dealkylation sites (tertiary alicyclic amines) is 1. The van der Waals surface area contributed by atoms with E-state index < -0.39 is 42.0 Å². The van der Waals surface area contributed by atoms with Gasteiger partial charge in [0.2, 0.25) is 5.91 Å². The molecule has 11 heteroatoms. The third-order valence-corrected chi connectivity index (χ3v) is 6.51. The summed E-state index contributed by atoms with van der Waals surface area (Å²) in [6.07, 6.45) is -1.50. The first-order chi connectivity index (χ1) is 12.7. The van der Waals surface area contributed by atoms with E-state index in [2.05, 4.69) is 12.2 Å². The lowest BCUT2D eigenvalue weighted by Crippen LogP contribution is -2.65. The predicted octanol–water partition coefficient (Wildman–Crippen LogP) is -0.0134. The van der Waals surface area contributed by atoms with Crippen LogP contribution in [0, 0.1) is 5.92 Å². The first-order valence-corrected chi connectivity index (χ1v) is 10.9. The molecule has 2 heterocycles. The Morgan fingerprint density at radius 3 is 2.38 bits per heavy atom. The lowest BCUT2D eigenvalue weighted by atomic mass is 9.92. The number of halogens is 2. The van der Waals surface area contributed by atoms with E-state index in [1.54, 1.807) is 6.26 Å². The molecule has 2 aliphatic heterocycles. The second-order valence-corrected chi connectivity index (χ2v) is 8.73. The molecule has 0 aliphatic carbocycles. The van der Waals surface area contributed by atoms with Gasteiger partial charge >= 0.3 is 0 Å². The summed E-state index contributed by atoms with van der Waals surface area (Å²) in [6.45, 7) is 4.48.